The Labute approximate surface area is 178 Å². The van der Waals surface area contributed by atoms with Gasteiger partial charge >= 0.3 is 0 Å². The van der Waals surface area contributed by atoms with E-state index >= 15 is 0 Å². The Morgan fingerprint density at radius 1 is 1.07 bits per heavy atom. The van der Waals surface area contributed by atoms with Gasteiger partial charge < -0.3 is 14.8 Å². The van der Waals surface area contributed by atoms with Crippen molar-refractivity contribution in [1.82, 2.24) is 5.32 Å². The molecule has 1 atom stereocenters. The van der Waals surface area contributed by atoms with E-state index in [1.165, 1.54) is 4.31 Å². The van der Waals surface area contributed by atoms with Crippen molar-refractivity contribution >= 4 is 21.6 Å². The smallest absolute Gasteiger partial charge is 0.241 e. The molecule has 1 N–H and O–H groups in total. The van der Waals surface area contributed by atoms with E-state index < -0.39 is 10.0 Å². The van der Waals surface area contributed by atoms with Crippen molar-refractivity contribution in [2.75, 3.05) is 30.3 Å². The van der Waals surface area contributed by atoms with Crippen molar-refractivity contribution in [3.05, 3.63) is 52.6 Å². The van der Waals surface area contributed by atoms with Gasteiger partial charge in [0, 0.05) is 0 Å². The maximum Gasteiger partial charge on any atom is 0.241 e. The van der Waals surface area contributed by atoms with Gasteiger partial charge in [0.2, 0.25) is 15.9 Å². The van der Waals surface area contributed by atoms with Crippen molar-refractivity contribution < 1.29 is 22.7 Å². The van der Waals surface area contributed by atoms with E-state index in [1.54, 1.807) is 0 Å². The Balaban J connectivity index is 1.79. The molecule has 0 aliphatic carbocycles. The number of nitrogens with one attached hydrogen (secondary N) is 1. The van der Waals surface area contributed by atoms with Gasteiger partial charge in [0.05, 0.1) is 18.0 Å². The largest absolute Gasteiger partial charge is 0.486 e. The van der Waals surface area contributed by atoms with Gasteiger partial charge in [-0.2, -0.15) is 0 Å². The first-order chi connectivity index (χ1) is 14.1. The molecular weight excluding hydrogens is 404 g/mol. The first-order valence-electron chi connectivity index (χ1n) is 9.80. The third-order valence-electron chi connectivity index (χ3n) is 5.02. The van der Waals surface area contributed by atoms with Crippen LogP contribution < -0.4 is 19.1 Å². The van der Waals surface area contributed by atoms with E-state index in [9.17, 15) is 13.2 Å². The maximum absolute atomic E-state index is 12.8. The molecule has 0 bridgehead atoms. The molecule has 1 aliphatic heterocycles. The Bertz CT molecular complexity index is 1040. The number of amides is 1. The summed E-state index contributed by atoms with van der Waals surface area (Å²) in [4.78, 5) is 12.8. The van der Waals surface area contributed by atoms with E-state index in [0.717, 1.165) is 28.5 Å². The van der Waals surface area contributed by atoms with E-state index in [4.69, 9.17) is 9.47 Å². The average molecular weight is 433 g/mol. The van der Waals surface area contributed by atoms with Crippen molar-refractivity contribution in [3.8, 4) is 11.5 Å². The van der Waals surface area contributed by atoms with E-state index in [1.807, 2.05) is 58.0 Å². The number of sulfonamides is 1. The van der Waals surface area contributed by atoms with E-state index in [-0.39, 0.29) is 18.5 Å². The molecule has 0 aromatic heterocycles. The molecule has 0 saturated heterocycles. The standard InChI is InChI=1S/C22H28N2O5S/c1-14-10-15(2)22(16(3)11-14)24(30(5,26)27)13-21(25)23-17(4)18-6-7-19-20(12-18)29-9-8-28-19/h6-7,10-12,17H,8-9,13H2,1-5H3,(H,23,25)/t17-/m1/s1. The number of ether oxygens (including phenoxy) is 2. The Morgan fingerprint density at radius 3 is 2.27 bits per heavy atom. The molecule has 0 saturated carbocycles. The van der Waals surface area contributed by atoms with Gasteiger partial charge in [-0.05, 0) is 56.5 Å². The fourth-order valence-corrected chi connectivity index (χ4v) is 4.73. The molecule has 1 heterocycles. The number of carbonyl (C=O) groups is 1. The molecule has 0 fully saturated rings. The van der Waals surface area contributed by atoms with Crippen LogP contribution in [0, 0.1) is 20.8 Å². The number of rotatable bonds is 6. The lowest BCUT2D eigenvalue weighted by molar-refractivity contribution is -0.120. The van der Waals surface area contributed by atoms with Crippen LogP contribution in [0.3, 0.4) is 0 Å². The summed E-state index contributed by atoms with van der Waals surface area (Å²) in [6.07, 6.45) is 1.11. The predicted molar refractivity (Wildman–Crippen MR) is 117 cm³/mol. The monoisotopic (exact) mass is 432 g/mol. The zero-order valence-electron chi connectivity index (χ0n) is 18.0. The molecule has 3 rings (SSSR count). The topological polar surface area (TPSA) is 84.9 Å². The summed E-state index contributed by atoms with van der Waals surface area (Å²) in [5, 5.41) is 2.88. The highest BCUT2D eigenvalue weighted by Gasteiger charge is 2.25. The number of fused-ring (bicyclic) bond motifs is 1. The first kappa shape index (κ1) is 22.0. The number of hydrogen-bond acceptors (Lipinski definition) is 5. The summed E-state index contributed by atoms with van der Waals surface area (Å²) >= 11 is 0. The number of carbonyl (C=O) groups excluding carboxylic acids is 1. The third-order valence-corrected chi connectivity index (χ3v) is 6.13. The molecular formula is C22H28N2O5S. The molecule has 0 radical (unpaired) electrons. The normalized spacial score (nSPS) is 14.2. The molecule has 1 aliphatic rings. The van der Waals surface area contributed by atoms with Crippen LogP contribution in [-0.4, -0.2) is 40.3 Å². The van der Waals surface area contributed by atoms with Gasteiger partial charge in [-0.1, -0.05) is 23.8 Å². The maximum atomic E-state index is 12.8. The Hall–Kier alpha value is -2.74. The minimum absolute atomic E-state index is 0.293. The molecule has 8 heteroatoms. The minimum atomic E-state index is -3.65. The zero-order chi connectivity index (χ0) is 22.1. The van der Waals surface area contributed by atoms with Gasteiger partial charge in [-0.25, -0.2) is 8.42 Å². The van der Waals surface area contributed by atoms with Gasteiger partial charge in [0.1, 0.15) is 19.8 Å². The Kier molecular flexibility index (Phi) is 6.26. The summed E-state index contributed by atoms with van der Waals surface area (Å²) in [6.45, 7) is 8.20. The van der Waals surface area contributed by atoms with Crippen LogP contribution in [0.15, 0.2) is 30.3 Å². The van der Waals surface area contributed by atoms with Crippen molar-refractivity contribution in [1.29, 1.82) is 0 Å². The minimum Gasteiger partial charge on any atom is -0.486 e. The molecule has 0 unspecified atom stereocenters. The second-order valence-electron chi connectivity index (χ2n) is 7.71. The lowest BCUT2D eigenvalue weighted by Gasteiger charge is -2.27. The van der Waals surface area contributed by atoms with Crippen LogP contribution in [-0.2, 0) is 14.8 Å². The van der Waals surface area contributed by atoms with Crippen LogP contribution in [0.25, 0.3) is 0 Å². The summed E-state index contributed by atoms with van der Waals surface area (Å²) < 4.78 is 37.3. The first-order valence-corrected chi connectivity index (χ1v) is 11.7. The number of anilines is 1. The van der Waals surface area contributed by atoms with E-state index in [0.29, 0.717) is 30.4 Å². The third kappa shape index (κ3) is 4.87. The van der Waals surface area contributed by atoms with Gasteiger partial charge in [0.15, 0.2) is 11.5 Å². The second-order valence-corrected chi connectivity index (χ2v) is 9.62. The Morgan fingerprint density at radius 2 is 1.67 bits per heavy atom. The quantitative estimate of drug-likeness (QED) is 0.758. The molecule has 0 spiro atoms. The molecule has 30 heavy (non-hydrogen) atoms. The zero-order valence-corrected chi connectivity index (χ0v) is 18.8. The molecule has 1 amide bonds. The van der Waals surface area contributed by atoms with Gasteiger partial charge in [0.25, 0.3) is 0 Å². The number of benzene rings is 2. The van der Waals surface area contributed by atoms with Crippen molar-refractivity contribution in [3.63, 3.8) is 0 Å². The molecule has 2 aromatic rings. The van der Waals surface area contributed by atoms with Crippen molar-refractivity contribution in [2.24, 2.45) is 0 Å². The van der Waals surface area contributed by atoms with Crippen molar-refractivity contribution in [2.45, 2.75) is 33.7 Å². The lowest BCUT2D eigenvalue weighted by Crippen LogP contribution is -2.41. The average Bonchev–Trinajstić information content (AvgIpc) is 2.65. The van der Waals surface area contributed by atoms with Crippen LogP contribution in [0.5, 0.6) is 11.5 Å². The van der Waals surface area contributed by atoms with Gasteiger partial charge in [-0.3, -0.25) is 9.10 Å². The summed E-state index contributed by atoms with van der Waals surface area (Å²) in [6, 6.07) is 9.01. The number of nitrogens with zero attached hydrogens (tertiary/aromatic N) is 1. The molecule has 7 nitrogen and oxygen atoms in total. The number of hydrogen-bond donors (Lipinski definition) is 1. The van der Waals surface area contributed by atoms with E-state index in [2.05, 4.69) is 5.32 Å². The molecule has 162 valence electrons. The summed E-state index contributed by atoms with van der Waals surface area (Å²) in [7, 11) is -3.65. The fourth-order valence-electron chi connectivity index (χ4n) is 3.76. The fraction of sp³-hybridized carbons (Fsp3) is 0.409. The SMILES string of the molecule is Cc1cc(C)c(N(CC(=O)N[C@H](C)c2ccc3c(c2)OCCO3)S(C)(=O)=O)c(C)c1. The number of aryl methyl sites for hydroxylation is 3. The lowest BCUT2D eigenvalue weighted by atomic mass is 10.0. The molecule has 2 aromatic carbocycles. The highest BCUT2D eigenvalue weighted by molar-refractivity contribution is 7.92. The second kappa shape index (κ2) is 8.55. The summed E-state index contributed by atoms with van der Waals surface area (Å²) in [5.41, 5.74) is 4.06. The predicted octanol–water partition coefficient (Wildman–Crippen LogP) is 3.03. The van der Waals surface area contributed by atoms with Crippen LogP contribution in [0.1, 0.15) is 35.2 Å². The summed E-state index contributed by atoms with van der Waals surface area (Å²) in [5.74, 6) is 0.933. The highest BCUT2D eigenvalue weighted by Crippen LogP contribution is 2.33. The van der Waals surface area contributed by atoms with Crippen LogP contribution in [0.2, 0.25) is 0 Å². The van der Waals surface area contributed by atoms with Gasteiger partial charge in [-0.15, -0.1) is 0 Å². The van der Waals surface area contributed by atoms with Crippen LogP contribution >= 0.6 is 0 Å². The highest BCUT2D eigenvalue weighted by atomic mass is 32.2. The van der Waals surface area contributed by atoms with Crippen LogP contribution in [0.4, 0.5) is 5.69 Å².